The molecule has 1 aliphatic heterocycles. The van der Waals surface area contributed by atoms with Crippen LogP contribution in [0.4, 0.5) is 20.2 Å². The Labute approximate surface area is 283 Å². The second-order valence-electron chi connectivity index (χ2n) is 12.5. The van der Waals surface area contributed by atoms with E-state index in [0.29, 0.717) is 30.8 Å². The molecule has 0 spiro atoms. The standard InChI is InChI=1S/C33H34F2IN4O6P/c1-32(2,3)28(38-29(41)26-19-20-18-21(11-16-25(20)37-26)33(34,35)47(44,45)46)31(43)39-17-7-10-27(39)30(42)40(23-8-5-4-6-9-23)24-14-12-22(36)13-15-24/h4-6,8-9,11-16,18-19,27-28,37H,7,10,17H2,1-3H3,(H,38,41)(H2,44,45,46)/t27-,28+/m0/s1. The van der Waals surface area contributed by atoms with Gasteiger partial charge in [-0.2, -0.15) is 8.78 Å². The lowest BCUT2D eigenvalue weighted by Crippen LogP contribution is -2.57. The Hall–Kier alpha value is -3.65. The fourth-order valence-corrected chi connectivity index (χ4v) is 6.48. The molecule has 14 heteroatoms. The zero-order chi connectivity index (χ0) is 34.3. The first-order chi connectivity index (χ1) is 22.0. The van der Waals surface area contributed by atoms with Crippen molar-refractivity contribution in [2.45, 2.75) is 51.4 Å². The van der Waals surface area contributed by atoms with Gasteiger partial charge in [0.05, 0.1) is 0 Å². The summed E-state index contributed by atoms with van der Waals surface area (Å²) in [4.78, 5) is 66.1. The summed E-state index contributed by atoms with van der Waals surface area (Å²) in [7, 11) is -5.79. The highest BCUT2D eigenvalue weighted by Gasteiger charge is 2.50. The van der Waals surface area contributed by atoms with Gasteiger partial charge < -0.3 is 25.0 Å². The van der Waals surface area contributed by atoms with Gasteiger partial charge in [-0.3, -0.25) is 23.8 Å². The van der Waals surface area contributed by atoms with Crippen LogP contribution in [0.25, 0.3) is 10.9 Å². The Kier molecular flexibility index (Phi) is 9.66. The van der Waals surface area contributed by atoms with E-state index < -0.39 is 48.1 Å². The second-order valence-corrected chi connectivity index (χ2v) is 15.4. The molecule has 1 aliphatic rings. The number of alkyl halides is 2. The largest absolute Gasteiger partial charge is 0.399 e. The number of nitrogens with one attached hydrogen (secondary N) is 2. The molecule has 0 aliphatic carbocycles. The maximum Gasteiger partial charge on any atom is 0.399 e. The molecule has 1 fully saturated rings. The molecule has 10 nitrogen and oxygen atoms in total. The fourth-order valence-electron chi connectivity index (χ4n) is 5.64. The zero-order valence-electron chi connectivity index (χ0n) is 25.8. The van der Waals surface area contributed by atoms with Crippen molar-refractivity contribution < 1.29 is 37.5 Å². The summed E-state index contributed by atoms with van der Waals surface area (Å²) >= 11 is 2.19. The van der Waals surface area contributed by atoms with Crippen molar-refractivity contribution in [1.82, 2.24) is 15.2 Å². The molecule has 2 heterocycles. The van der Waals surface area contributed by atoms with Gasteiger partial charge in [0.1, 0.15) is 17.8 Å². The molecule has 1 aromatic heterocycles. The lowest BCUT2D eigenvalue weighted by molar-refractivity contribution is -0.140. The molecule has 0 bridgehead atoms. The first-order valence-electron chi connectivity index (χ1n) is 14.8. The van der Waals surface area contributed by atoms with Gasteiger partial charge in [-0.1, -0.05) is 45.0 Å². The minimum atomic E-state index is -5.79. The second kappa shape index (κ2) is 13.1. The molecule has 0 radical (unpaired) electrons. The minimum Gasteiger partial charge on any atom is -0.351 e. The Morgan fingerprint density at radius 2 is 1.64 bits per heavy atom. The van der Waals surface area contributed by atoms with Crippen LogP contribution < -0.4 is 10.2 Å². The molecule has 1 saturated heterocycles. The lowest BCUT2D eigenvalue weighted by Gasteiger charge is -2.36. The van der Waals surface area contributed by atoms with Crippen molar-refractivity contribution >= 4 is 70.2 Å². The Morgan fingerprint density at radius 3 is 2.26 bits per heavy atom. The molecule has 0 unspecified atom stereocenters. The van der Waals surface area contributed by atoms with Crippen LogP contribution in [0.5, 0.6) is 0 Å². The van der Waals surface area contributed by atoms with Crippen LogP contribution in [0, 0.1) is 8.99 Å². The smallest absolute Gasteiger partial charge is 0.351 e. The number of H-pyrrole nitrogens is 1. The van der Waals surface area contributed by atoms with E-state index in [2.05, 4.69) is 32.9 Å². The summed E-state index contributed by atoms with van der Waals surface area (Å²) < 4.78 is 41.0. The van der Waals surface area contributed by atoms with E-state index in [9.17, 15) is 27.7 Å². The maximum atomic E-state index is 14.3. The van der Waals surface area contributed by atoms with Gasteiger partial charge in [-0.25, -0.2) is 0 Å². The fraction of sp³-hybridized carbons (Fsp3) is 0.303. The van der Waals surface area contributed by atoms with Crippen molar-refractivity contribution in [3.8, 4) is 0 Å². The average Bonchev–Trinajstić information content (AvgIpc) is 3.67. The number of anilines is 2. The van der Waals surface area contributed by atoms with Crippen molar-refractivity contribution in [2.24, 2.45) is 5.41 Å². The third kappa shape index (κ3) is 7.13. The number of fused-ring (bicyclic) bond motifs is 1. The van der Waals surface area contributed by atoms with Crippen molar-refractivity contribution in [3.05, 3.63) is 93.7 Å². The molecule has 5 rings (SSSR count). The number of aromatic amines is 1. The first kappa shape index (κ1) is 34.7. The minimum absolute atomic E-state index is 0.0401. The van der Waals surface area contributed by atoms with Crippen LogP contribution in [-0.4, -0.2) is 56.0 Å². The van der Waals surface area contributed by atoms with Gasteiger partial charge in [0.15, 0.2) is 0 Å². The van der Waals surface area contributed by atoms with Gasteiger partial charge in [0, 0.05) is 38.0 Å². The first-order valence-corrected chi connectivity index (χ1v) is 17.5. The van der Waals surface area contributed by atoms with Crippen LogP contribution in [-0.2, 0) is 19.8 Å². The highest BCUT2D eigenvalue weighted by atomic mass is 127. The molecular weight excluding hydrogens is 744 g/mol. The monoisotopic (exact) mass is 778 g/mol. The predicted octanol–water partition coefficient (Wildman–Crippen LogP) is 6.50. The van der Waals surface area contributed by atoms with E-state index in [0.717, 1.165) is 15.7 Å². The summed E-state index contributed by atoms with van der Waals surface area (Å²) in [5.41, 5.74) is -4.55. The molecule has 3 aromatic carbocycles. The number of para-hydroxylation sites is 1. The number of hydrogen-bond acceptors (Lipinski definition) is 4. The number of hydrogen-bond donors (Lipinski definition) is 4. The third-order valence-corrected chi connectivity index (χ3v) is 9.82. The SMILES string of the molecule is CC(C)(C)[C@H](NC(=O)c1cc2cc(C(F)(F)P(=O)(O)O)ccc2[nH]1)C(=O)N1CCC[C@H]1C(=O)N(c1ccccc1)c1ccc(I)cc1. The van der Waals surface area contributed by atoms with Crippen molar-refractivity contribution in [1.29, 1.82) is 0 Å². The number of benzene rings is 3. The van der Waals surface area contributed by atoms with Crippen LogP contribution >= 0.6 is 30.2 Å². The number of amides is 3. The molecule has 4 N–H and O–H groups in total. The Balaban J connectivity index is 1.41. The van der Waals surface area contributed by atoms with Gasteiger partial charge in [0.25, 0.3) is 11.8 Å². The summed E-state index contributed by atoms with van der Waals surface area (Å²) in [6.45, 7) is 5.67. The molecule has 0 saturated carbocycles. The number of aromatic nitrogens is 1. The number of nitrogens with zero attached hydrogens (tertiary/aromatic N) is 2. The number of rotatable bonds is 8. The van der Waals surface area contributed by atoms with E-state index in [-0.39, 0.29) is 22.5 Å². The lowest BCUT2D eigenvalue weighted by atomic mass is 9.85. The molecule has 2 atom stereocenters. The number of carbonyl (C=O) groups is 3. The predicted molar refractivity (Wildman–Crippen MR) is 182 cm³/mol. The van der Waals surface area contributed by atoms with Crippen LogP contribution in [0.15, 0.2) is 78.9 Å². The highest BCUT2D eigenvalue weighted by molar-refractivity contribution is 14.1. The van der Waals surface area contributed by atoms with E-state index in [4.69, 9.17) is 9.79 Å². The molecular formula is C33H34F2IN4O6P. The van der Waals surface area contributed by atoms with E-state index in [1.165, 1.54) is 17.0 Å². The van der Waals surface area contributed by atoms with Crippen molar-refractivity contribution in [2.75, 3.05) is 11.4 Å². The molecule has 248 valence electrons. The summed E-state index contributed by atoms with van der Waals surface area (Å²) in [5.74, 6) is -1.40. The summed E-state index contributed by atoms with van der Waals surface area (Å²) in [5, 5.41) is 2.90. The Bertz CT molecular complexity index is 1860. The van der Waals surface area contributed by atoms with Crippen LogP contribution in [0.3, 0.4) is 0 Å². The van der Waals surface area contributed by atoms with Crippen LogP contribution in [0.1, 0.15) is 49.7 Å². The molecule has 47 heavy (non-hydrogen) atoms. The zero-order valence-corrected chi connectivity index (χ0v) is 28.8. The average molecular weight is 779 g/mol. The van der Waals surface area contributed by atoms with E-state index in [1.54, 1.807) is 25.7 Å². The number of halogens is 3. The topological polar surface area (TPSA) is 143 Å². The highest BCUT2D eigenvalue weighted by Crippen LogP contribution is 2.59. The number of likely N-dealkylation sites (tertiary alicyclic amines) is 1. The van der Waals surface area contributed by atoms with E-state index >= 15 is 0 Å². The summed E-state index contributed by atoms with van der Waals surface area (Å²) in [6, 6.07) is 19.1. The van der Waals surface area contributed by atoms with Gasteiger partial charge in [-0.15, -0.1) is 0 Å². The molecule has 4 aromatic rings. The Morgan fingerprint density at radius 1 is 1.00 bits per heavy atom. The summed E-state index contributed by atoms with van der Waals surface area (Å²) in [6.07, 6.45) is 1.03. The third-order valence-electron chi connectivity index (χ3n) is 8.11. The molecule has 3 amide bonds. The van der Waals surface area contributed by atoms with Crippen LogP contribution in [0.2, 0.25) is 0 Å². The van der Waals surface area contributed by atoms with E-state index in [1.807, 2.05) is 54.6 Å². The maximum absolute atomic E-state index is 14.3. The normalized spacial score (nSPS) is 16.3. The quantitative estimate of drug-likeness (QED) is 0.119. The van der Waals surface area contributed by atoms with Gasteiger partial charge in [-0.05, 0) is 95.4 Å². The number of carbonyl (C=O) groups excluding carboxylic acids is 3. The van der Waals surface area contributed by atoms with Crippen molar-refractivity contribution in [3.63, 3.8) is 0 Å². The van der Waals surface area contributed by atoms with Gasteiger partial charge >= 0.3 is 13.3 Å². The van der Waals surface area contributed by atoms with Gasteiger partial charge in [0.2, 0.25) is 5.91 Å².